The van der Waals surface area contributed by atoms with Gasteiger partial charge in [0.1, 0.15) is 23.2 Å². The molecule has 7 heteroatoms. The molecule has 0 aromatic carbocycles. The van der Waals surface area contributed by atoms with Crippen LogP contribution in [0.2, 0.25) is 0 Å². The molecule has 1 rings (SSSR count). The maximum atomic E-state index is 12.9. The van der Waals surface area contributed by atoms with Gasteiger partial charge in [0, 0.05) is 6.54 Å². The van der Waals surface area contributed by atoms with Gasteiger partial charge in [-0.05, 0) is 19.9 Å². The third-order valence-corrected chi connectivity index (χ3v) is 2.18. The Hall–Kier alpha value is -2.18. The molecule has 0 saturated heterocycles. The number of rotatable bonds is 5. The van der Waals surface area contributed by atoms with Crippen molar-refractivity contribution in [3.63, 3.8) is 0 Å². The van der Waals surface area contributed by atoms with E-state index in [0.29, 0.717) is 6.54 Å². The average Bonchev–Trinajstić information content (AvgIpc) is 2.31. The molecule has 3 N–H and O–H groups in total. The number of carbonyl (C=O) groups is 2. The molecule has 0 aliphatic heterocycles. The van der Waals surface area contributed by atoms with Gasteiger partial charge in [-0.25, -0.2) is 14.2 Å². The van der Waals surface area contributed by atoms with Gasteiger partial charge in [0.15, 0.2) is 0 Å². The topological polar surface area (TPSA) is 91.3 Å². The number of carboxylic acid groups (broad SMARTS) is 1. The quantitative estimate of drug-likeness (QED) is 0.725. The van der Waals surface area contributed by atoms with Crippen LogP contribution in [-0.2, 0) is 4.79 Å². The molecule has 0 aliphatic rings. The molecule has 6 nitrogen and oxygen atoms in total. The molecule has 1 heterocycles. The zero-order valence-electron chi connectivity index (χ0n) is 10.0. The van der Waals surface area contributed by atoms with Crippen LogP contribution >= 0.6 is 0 Å². The van der Waals surface area contributed by atoms with Crippen LogP contribution in [0.1, 0.15) is 24.2 Å². The predicted octanol–water partition coefficient (Wildman–Crippen LogP) is 0.855. The largest absolute Gasteiger partial charge is 0.478 e. The van der Waals surface area contributed by atoms with Crippen LogP contribution in [0.25, 0.3) is 0 Å². The van der Waals surface area contributed by atoms with Gasteiger partial charge >= 0.3 is 5.97 Å². The zero-order valence-corrected chi connectivity index (χ0v) is 10.0. The average molecular weight is 255 g/mol. The molecule has 18 heavy (non-hydrogen) atoms. The highest BCUT2D eigenvalue weighted by Crippen LogP contribution is 2.14. The predicted molar refractivity (Wildman–Crippen MR) is 62.9 cm³/mol. The van der Waals surface area contributed by atoms with Crippen molar-refractivity contribution in [3.8, 4) is 0 Å². The molecule has 0 saturated carbocycles. The molecule has 0 spiro atoms. The van der Waals surface area contributed by atoms with Crippen molar-refractivity contribution in [1.82, 2.24) is 10.3 Å². The lowest BCUT2D eigenvalue weighted by Gasteiger charge is -2.15. The summed E-state index contributed by atoms with van der Waals surface area (Å²) in [5, 5.41) is 14.1. The van der Waals surface area contributed by atoms with Crippen LogP contribution in [0, 0.1) is 5.82 Å². The SMILES string of the molecule is CCNC(=O)C(C)Nc1ncc(F)cc1C(=O)O. The van der Waals surface area contributed by atoms with Gasteiger partial charge in [0.2, 0.25) is 5.91 Å². The Morgan fingerprint density at radius 1 is 1.56 bits per heavy atom. The summed E-state index contributed by atoms with van der Waals surface area (Å²) in [6, 6.07) is 0.184. The van der Waals surface area contributed by atoms with E-state index in [1.54, 1.807) is 13.8 Å². The van der Waals surface area contributed by atoms with Crippen molar-refractivity contribution >= 4 is 17.7 Å². The highest BCUT2D eigenvalue weighted by Gasteiger charge is 2.17. The molecule has 1 aromatic rings. The third-order valence-electron chi connectivity index (χ3n) is 2.18. The number of hydrogen-bond acceptors (Lipinski definition) is 4. The molecule has 0 bridgehead atoms. The monoisotopic (exact) mass is 255 g/mol. The van der Waals surface area contributed by atoms with E-state index in [4.69, 9.17) is 5.11 Å². The summed E-state index contributed by atoms with van der Waals surface area (Å²) in [6.45, 7) is 3.79. The van der Waals surface area contributed by atoms with E-state index in [1.165, 1.54) is 0 Å². The van der Waals surface area contributed by atoms with Crippen molar-refractivity contribution in [2.45, 2.75) is 19.9 Å². The van der Waals surface area contributed by atoms with Gasteiger partial charge in [0.25, 0.3) is 0 Å². The zero-order chi connectivity index (χ0) is 13.7. The lowest BCUT2D eigenvalue weighted by molar-refractivity contribution is -0.121. The maximum absolute atomic E-state index is 12.9. The second-order valence-corrected chi connectivity index (χ2v) is 3.62. The first-order valence-electron chi connectivity index (χ1n) is 5.38. The van der Waals surface area contributed by atoms with E-state index in [1.807, 2.05) is 0 Å². The van der Waals surface area contributed by atoms with Crippen LogP contribution in [0.4, 0.5) is 10.2 Å². The minimum absolute atomic E-state index is 0.0392. The van der Waals surface area contributed by atoms with Crippen molar-refractivity contribution in [2.75, 3.05) is 11.9 Å². The van der Waals surface area contributed by atoms with Gasteiger partial charge in [-0.1, -0.05) is 0 Å². The molecule has 0 aliphatic carbocycles. The van der Waals surface area contributed by atoms with Gasteiger partial charge in [-0.2, -0.15) is 0 Å². The number of aromatic nitrogens is 1. The second-order valence-electron chi connectivity index (χ2n) is 3.62. The first kappa shape index (κ1) is 13.9. The Morgan fingerprint density at radius 2 is 2.22 bits per heavy atom. The second kappa shape index (κ2) is 5.95. The van der Waals surface area contributed by atoms with Crippen LogP contribution < -0.4 is 10.6 Å². The molecule has 1 aromatic heterocycles. The lowest BCUT2D eigenvalue weighted by Crippen LogP contribution is -2.37. The van der Waals surface area contributed by atoms with Crippen molar-refractivity contribution < 1.29 is 19.1 Å². The summed E-state index contributed by atoms with van der Waals surface area (Å²) in [7, 11) is 0. The molecule has 98 valence electrons. The van der Waals surface area contributed by atoms with E-state index in [9.17, 15) is 14.0 Å². The maximum Gasteiger partial charge on any atom is 0.339 e. The number of anilines is 1. The number of nitrogens with one attached hydrogen (secondary N) is 2. The van der Waals surface area contributed by atoms with Crippen LogP contribution in [-0.4, -0.2) is 34.6 Å². The first-order chi connectivity index (χ1) is 8.45. The van der Waals surface area contributed by atoms with Crippen LogP contribution in [0.15, 0.2) is 12.3 Å². The number of hydrogen-bond donors (Lipinski definition) is 3. The van der Waals surface area contributed by atoms with Crippen LogP contribution in [0.5, 0.6) is 0 Å². The van der Waals surface area contributed by atoms with E-state index < -0.39 is 17.8 Å². The number of nitrogens with zero attached hydrogens (tertiary/aromatic N) is 1. The number of pyridine rings is 1. The summed E-state index contributed by atoms with van der Waals surface area (Å²) in [5.74, 6) is -2.39. The summed E-state index contributed by atoms with van der Waals surface area (Å²) < 4.78 is 12.9. The Bertz CT molecular complexity index is 465. The Kier molecular flexibility index (Phi) is 4.59. The Labute approximate surface area is 103 Å². The smallest absolute Gasteiger partial charge is 0.339 e. The minimum Gasteiger partial charge on any atom is -0.478 e. The normalized spacial score (nSPS) is 11.7. The van der Waals surface area contributed by atoms with Gasteiger partial charge in [-0.15, -0.1) is 0 Å². The van der Waals surface area contributed by atoms with Gasteiger partial charge in [0.05, 0.1) is 6.20 Å². The molecule has 1 atom stereocenters. The molecular weight excluding hydrogens is 241 g/mol. The summed E-state index contributed by atoms with van der Waals surface area (Å²) in [4.78, 5) is 26.0. The molecular formula is C11H14FN3O3. The van der Waals surface area contributed by atoms with E-state index in [0.717, 1.165) is 12.3 Å². The van der Waals surface area contributed by atoms with Gasteiger partial charge < -0.3 is 15.7 Å². The number of carbonyl (C=O) groups excluding carboxylic acids is 1. The fourth-order valence-corrected chi connectivity index (χ4v) is 1.32. The fraction of sp³-hybridized carbons (Fsp3) is 0.364. The molecule has 1 amide bonds. The minimum atomic E-state index is -1.31. The summed E-state index contributed by atoms with van der Waals surface area (Å²) in [5.41, 5.74) is -0.314. The van der Waals surface area contributed by atoms with Crippen molar-refractivity contribution in [3.05, 3.63) is 23.6 Å². The summed E-state index contributed by atoms with van der Waals surface area (Å²) >= 11 is 0. The number of amides is 1. The van der Waals surface area contributed by atoms with E-state index in [-0.39, 0.29) is 17.3 Å². The highest BCUT2D eigenvalue weighted by molar-refractivity contribution is 5.94. The highest BCUT2D eigenvalue weighted by atomic mass is 19.1. The molecule has 0 fully saturated rings. The van der Waals surface area contributed by atoms with Crippen LogP contribution in [0.3, 0.4) is 0 Å². The first-order valence-corrected chi connectivity index (χ1v) is 5.38. The molecule has 0 radical (unpaired) electrons. The third kappa shape index (κ3) is 3.41. The number of carboxylic acids is 1. The lowest BCUT2D eigenvalue weighted by atomic mass is 10.2. The Balaban J connectivity index is 2.90. The fourth-order valence-electron chi connectivity index (χ4n) is 1.32. The molecule has 1 unspecified atom stereocenters. The number of likely N-dealkylation sites (N-methyl/N-ethyl adjacent to an activating group) is 1. The van der Waals surface area contributed by atoms with Crippen molar-refractivity contribution in [2.24, 2.45) is 0 Å². The number of halogens is 1. The Morgan fingerprint density at radius 3 is 2.78 bits per heavy atom. The summed E-state index contributed by atoms with van der Waals surface area (Å²) in [6.07, 6.45) is 0.888. The van der Waals surface area contributed by atoms with E-state index >= 15 is 0 Å². The van der Waals surface area contributed by atoms with Crippen molar-refractivity contribution in [1.29, 1.82) is 0 Å². The standard InChI is InChI=1S/C11H14FN3O3/c1-3-13-10(16)6(2)15-9-8(11(17)18)4-7(12)5-14-9/h4-6H,3H2,1-2H3,(H,13,16)(H,14,15)(H,17,18). The number of aromatic carboxylic acids is 1. The van der Waals surface area contributed by atoms with Gasteiger partial charge in [-0.3, -0.25) is 4.79 Å². The van der Waals surface area contributed by atoms with E-state index in [2.05, 4.69) is 15.6 Å².